The van der Waals surface area contributed by atoms with Crippen LogP contribution in [-0.4, -0.2) is 49.6 Å². The Kier molecular flexibility index (Phi) is 5.99. The molecule has 1 N–H and O–H groups in total. The van der Waals surface area contributed by atoms with Gasteiger partial charge in [0.1, 0.15) is 13.2 Å². The lowest BCUT2D eigenvalue weighted by molar-refractivity contribution is -0.126. The van der Waals surface area contributed by atoms with Crippen LogP contribution in [0.15, 0.2) is 35.7 Å². The molecule has 0 aliphatic carbocycles. The van der Waals surface area contributed by atoms with Crippen molar-refractivity contribution in [3.8, 4) is 11.5 Å². The Bertz CT molecular complexity index is 910. The largest absolute Gasteiger partial charge is 0.486 e. The summed E-state index contributed by atoms with van der Waals surface area (Å²) >= 11 is 1.44. The SMILES string of the molecule is CC(C)(CNC(=O)C1CCCN(C(=O)c2cccs2)C1)c1ccc2c(c1)OCCO2. The molecule has 0 bridgehead atoms. The zero-order valence-corrected chi connectivity index (χ0v) is 18.3. The van der Waals surface area contributed by atoms with Gasteiger partial charge in [-0.05, 0) is 42.0 Å². The number of hydrogen-bond acceptors (Lipinski definition) is 5. The van der Waals surface area contributed by atoms with Crippen LogP contribution in [0.5, 0.6) is 11.5 Å². The minimum absolute atomic E-state index is 0.0179. The predicted molar refractivity (Wildman–Crippen MR) is 116 cm³/mol. The van der Waals surface area contributed by atoms with Gasteiger partial charge in [0.05, 0.1) is 10.8 Å². The second kappa shape index (κ2) is 8.68. The molecule has 160 valence electrons. The second-order valence-electron chi connectivity index (χ2n) is 8.53. The van der Waals surface area contributed by atoms with Gasteiger partial charge in [-0.25, -0.2) is 0 Å². The maximum absolute atomic E-state index is 12.9. The van der Waals surface area contributed by atoms with Crippen LogP contribution >= 0.6 is 11.3 Å². The van der Waals surface area contributed by atoms with Gasteiger partial charge in [0.15, 0.2) is 11.5 Å². The van der Waals surface area contributed by atoms with Crippen molar-refractivity contribution in [2.45, 2.75) is 32.1 Å². The maximum Gasteiger partial charge on any atom is 0.263 e. The van der Waals surface area contributed by atoms with Crippen LogP contribution in [0.3, 0.4) is 0 Å². The summed E-state index contributed by atoms with van der Waals surface area (Å²) in [6, 6.07) is 9.69. The van der Waals surface area contributed by atoms with Crippen LogP contribution in [-0.2, 0) is 10.2 Å². The zero-order valence-electron chi connectivity index (χ0n) is 17.5. The van der Waals surface area contributed by atoms with Crippen LogP contribution in [0.1, 0.15) is 41.9 Å². The number of thiophene rings is 1. The molecule has 2 aliphatic rings. The first-order chi connectivity index (χ1) is 14.4. The highest BCUT2D eigenvalue weighted by molar-refractivity contribution is 7.12. The van der Waals surface area contributed by atoms with Crippen LogP contribution in [0.25, 0.3) is 0 Å². The van der Waals surface area contributed by atoms with E-state index in [1.54, 1.807) is 0 Å². The quantitative estimate of drug-likeness (QED) is 0.792. The van der Waals surface area contributed by atoms with E-state index in [1.165, 1.54) is 11.3 Å². The van der Waals surface area contributed by atoms with Crippen molar-refractivity contribution < 1.29 is 19.1 Å². The third kappa shape index (κ3) is 4.46. The number of fused-ring (bicyclic) bond motifs is 1. The van der Waals surface area contributed by atoms with Gasteiger partial charge in [-0.15, -0.1) is 11.3 Å². The maximum atomic E-state index is 12.9. The number of carbonyl (C=O) groups is 2. The molecule has 4 rings (SSSR count). The summed E-state index contributed by atoms with van der Waals surface area (Å²) in [6.45, 7) is 7.03. The minimum atomic E-state index is -0.257. The highest BCUT2D eigenvalue weighted by Gasteiger charge is 2.31. The fourth-order valence-corrected chi connectivity index (χ4v) is 4.64. The van der Waals surface area contributed by atoms with Gasteiger partial charge in [0.2, 0.25) is 5.91 Å². The third-order valence-corrected chi connectivity index (χ3v) is 6.70. The van der Waals surface area contributed by atoms with Crippen molar-refractivity contribution >= 4 is 23.2 Å². The average molecular weight is 429 g/mol. The number of likely N-dealkylation sites (tertiary alicyclic amines) is 1. The van der Waals surface area contributed by atoms with E-state index in [0.29, 0.717) is 32.8 Å². The molecule has 30 heavy (non-hydrogen) atoms. The van der Waals surface area contributed by atoms with E-state index < -0.39 is 0 Å². The van der Waals surface area contributed by atoms with Crippen LogP contribution in [0, 0.1) is 5.92 Å². The van der Waals surface area contributed by atoms with E-state index in [-0.39, 0.29) is 23.1 Å². The van der Waals surface area contributed by atoms with Crippen LogP contribution < -0.4 is 14.8 Å². The number of hydrogen-bond donors (Lipinski definition) is 1. The number of amides is 2. The van der Waals surface area contributed by atoms with E-state index in [4.69, 9.17) is 9.47 Å². The number of carbonyl (C=O) groups excluding carboxylic acids is 2. The van der Waals surface area contributed by atoms with Gasteiger partial charge < -0.3 is 19.7 Å². The number of piperidine rings is 1. The minimum Gasteiger partial charge on any atom is -0.486 e. The lowest BCUT2D eigenvalue weighted by atomic mass is 9.84. The third-order valence-electron chi connectivity index (χ3n) is 5.84. The molecule has 3 heterocycles. The van der Waals surface area contributed by atoms with Crippen molar-refractivity contribution in [3.63, 3.8) is 0 Å². The van der Waals surface area contributed by atoms with Gasteiger partial charge in [0, 0.05) is 25.0 Å². The summed E-state index contributed by atoms with van der Waals surface area (Å²) in [4.78, 5) is 28.0. The lowest BCUT2D eigenvalue weighted by Crippen LogP contribution is -2.47. The topological polar surface area (TPSA) is 67.9 Å². The predicted octanol–water partition coefficient (Wildman–Crippen LogP) is 3.47. The van der Waals surface area contributed by atoms with E-state index in [9.17, 15) is 9.59 Å². The fourth-order valence-electron chi connectivity index (χ4n) is 3.95. The highest BCUT2D eigenvalue weighted by Crippen LogP contribution is 2.35. The Hall–Kier alpha value is -2.54. The van der Waals surface area contributed by atoms with E-state index >= 15 is 0 Å². The molecule has 2 aliphatic heterocycles. The van der Waals surface area contributed by atoms with Crippen LogP contribution in [0.2, 0.25) is 0 Å². The molecule has 0 spiro atoms. The van der Waals surface area contributed by atoms with Crippen molar-refractivity contribution in [3.05, 3.63) is 46.2 Å². The first-order valence-electron chi connectivity index (χ1n) is 10.4. The second-order valence-corrected chi connectivity index (χ2v) is 9.48. The van der Waals surface area contributed by atoms with Gasteiger partial charge in [-0.2, -0.15) is 0 Å². The summed E-state index contributed by atoms with van der Waals surface area (Å²) in [5.74, 6) is 1.40. The number of nitrogens with one attached hydrogen (secondary N) is 1. The molecule has 1 aromatic heterocycles. The van der Waals surface area contributed by atoms with Crippen molar-refractivity contribution in [2.75, 3.05) is 32.8 Å². The first-order valence-corrected chi connectivity index (χ1v) is 11.3. The highest BCUT2D eigenvalue weighted by atomic mass is 32.1. The monoisotopic (exact) mass is 428 g/mol. The van der Waals surface area contributed by atoms with Crippen molar-refractivity contribution in [1.82, 2.24) is 10.2 Å². The lowest BCUT2D eigenvalue weighted by Gasteiger charge is -2.33. The van der Waals surface area contributed by atoms with E-state index in [1.807, 2.05) is 40.6 Å². The van der Waals surface area contributed by atoms with Crippen molar-refractivity contribution in [2.24, 2.45) is 5.92 Å². The molecule has 1 atom stereocenters. The molecule has 0 radical (unpaired) electrons. The molecule has 1 unspecified atom stereocenters. The normalized spacial score (nSPS) is 18.7. The molecule has 2 amide bonds. The molecular weight excluding hydrogens is 400 g/mol. The first kappa shape index (κ1) is 20.7. The van der Waals surface area contributed by atoms with Gasteiger partial charge in [-0.1, -0.05) is 26.0 Å². The summed E-state index contributed by atoms with van der Waals surface area (Å²) in [6.07, 6.45) is 1.66. The molecule has 1 saturated heterocycles. The summed E-state index contributed by atoms with van der Waals surface area (Å²) in [7, 11) is 0. The number of nitrogens with zero attached hydrogens (tertiary/aromatic N) is 1. The van der Waals surface area contributed by atoms with Crippen LogP contribution in [0.4, 0.5) is 0 Å². The standard InChI is InChI=1S/C23H28N2O4S/c1-23(2,17-7-8-18-19(13-17)29-11-10-28-18)15-24-21(26)16-5-3-9-25(14-16)22(27)20-6-4-12-30-20/h4,6-8,12-13,16H,3,5,9-11,14-15H2,1-2H3,(H,24,26). The Balaban J connectivity index is 1.36. The average Bonchev–Trinajstić information content (AvgIpc) is 3.31. The smallest absolute Gasteiger partial charge is 0.263 e. The van der Waals surface area contributed by atoms with E-state index in [0.717, 1.165) is 34.8 Å². The Labute approximate surface area is 181 Å². The van der Waals surface area contributed by atoms with Crippen molar-refractivity contribution in [1.29, 1.82) is 0 Å². The molecule has 0 saturated carbocycles. The van der Waals surface area contributed by atoms with Gasteiger partial charge >= 0.3 is 0 Å². The number of rotatable bonds is 5. The summed E-state index contributed by atoms with van der Waals surface area (Å²) < 4.78 is 11.3. The number of ether oxygens (including phenoxy) is 2. The molecule has 1 fully saturated rings. The molecule has 7 heteroatoms. The zero-order chi connectivity index (χ0) is 21.1. The fraction of sp³-hybridized carbons (Fsp3) is 0.478. The summed E-state index contributed by atoms with van der Waals surface area (Å²) in [5.41, 5.74) is 0.831. The summed E-state index contributed by atoms with van der Waals surface area (Å²) in [5, 5.41) is 5.02. The number of benzene rings is 1. The molecular formula is C23H28N2O4S. The Morgan fingerprint density at radius 1 is 1.20 bits per heavy atom. The van der Waals surface area contributed by atoms with E-state index in [2.05, 4.69) is 19.2 Å². The molecule has 1 aromatic carbocycles. The molecule has 2 aromatic rings. The van der Waals surface area contributed by atoms with Gasteiger partial charge in [-0.3, -0.25) is 9.59 Å². The Morgan fingerprint density at radius 2 is 2.00 bits per heavy atom. The van der Waals surface area contributed by atoms with Gasteiger partial charge in [0.25, 0.3) is 5.91 Å². The molecule has 6 nitrogen and oxygen atoms in total. The Morgan fingerprint density at radius 3 is 2.77 bits per heavy atom.